The zero-order chi connectivity index (χ0) is 10.3. The fraction of sp³-hybridized carbons (Fsp3) is 0.818. The molecule has 0 bridgehead atoms. The molecule has 0 spiro atoms. The van der Waals surface area contributed by atoms with E-state index in [-0.39, 0.29) is 17.5 Å². The highest BCUT2D eigenvalue weighted by molar-refractivity contribution is 6.08. The zero-order valence-corrected chi connectivity index (χ0v) is 8.71. The highest BCUT2D eigenvalue weighted by atomic mass is 16.5. The molecular weight excluding hydrogens is 180 g/mol. The van der Waals surface area contributed by atoms with Crippen LogP contribution in [0.1, 0.15) is 33.1 Å². The molecule has 1 aliphatic carbocycles. The third-order valence-corrected chi connectivity index (χ3v) is 3.37. The molecule has 1 saturated carbocycles. The molecule has 0 aromatic rings. The van der Waals surface area contributed by atoms with Crippen LogP contribution >= 0.6 is 0 Å². The second-order valence-corrected chi connectivity index (χ2v) is 4.77. The van der Waals surface area contributed by atoms with E-state index in [0.717, 1.165) is 19.3 Å². The minimum atomic E-state index is -0.746. The zero-order valence-electron chi connectivity index (χ0n) is 8.71. The van der Waals surface area contributed by atoms with E-state index in [0.29, 0.717) is 6.61 Å². The molecule has 2 fully saturated rings. The second-order valence-electron chi connectivity index (χ2n) is 4.77. The Kier molecular flexibility index (Phi) is 2.22. The van der Waals surface area contributed by atoms with Crippen LogP contribution in [-0.4, -0.2) is 23.8 Å². The van der Waals surface area contributed by atoms with Gasteiger partial charge >= 0.3 is 0 Å². The van der Waals surface area contributed by atoms with Gasteiger partial charge in [-0.25, -0.2) is 0 Å². The van der Waals surface area contributed by atoms with Gasteiger partial charge in [0.15, 0.2) is 5.78 Å². The van der Waals surface area contributed by atoms with E-state index in [2.05, 4.69) is 0 Å². The summed E-state index contributed by atoms with van der Waals surface area (Å²) in [5, 5.41) is 0. The van der Waals surface area contributed by atoms with Crippen molar-refractivity contribution in [3.05, 3.63) is 0 Å². The fourth-order valence-corrected chi connectivity index (χ4v) is 2.05. The molecule has 1 saturated heterocycles. The smallest absolute Gasteiger partial charge is 0.176 e. The predicted octanol–water partition coefficient (Wildman–Crippen LogP) is 1.35. The summed E-state index contributed by atoms with van der Waals surface area (Å²) in [6.07, 6.45) is 3.05. The highest BCUT2D eigenvalue weighted by Gasteiger charge is 2.47. The van der Waals surface area contributed by atoms with E-state index in [1.807, 2.05) is 0 Å². The quantitative estimate of drug-likeness (QED) is 0.626. The van der Waals surface area contributed by atoms with Crippen molar-refractivity contribution in [1.82, 2.24) is 0 Å². The third-order valence-electron chi connectivity index (χ3n) is 3.37. The van der Waals surface area contributed by atoms with Gasteiger partial charge in [-0.3, -0.25) is 9.59 Å². The Bertz CT molecular complexity index is 276. The summed E-state index contributed by atoms with van der Waals surface area (Å²) in [4.78, 5) is 23.6. The van der Waals surface area contributed by atoms with Crippen LogP contribution in [0.15, 0.2) is 0 Å². The lowest BCUT2D eigenvalue weighted by molar-refractivity contribution is -0.137. The van der Waals surface area contributed by atoms with Crippen LogP contribution in [0.2, 0.25) is 0 Å². The van der Waals surface area contributed by atoms with Crippen molar-refractivity contribution < 1.29 is 14.3 Å². The van der Waals surface area contributed by atoms with Gasteiger partial charge in [-0.15, -0.1) is 0 Å². The van der Waals surface area contributed by atoms with Gasteiger partial charge in [0.1, 0.15) is 17.3 Å². The normalized spacial score (nSPS) is 31.6. The number of hydrogen-bond donors (Lipinski definition) is 0. The summed E-state index contributed by atoms with van der Waals surface area (Å²) in [5.74, 6) is -0.252. The number of ether oxygens (including phenoxy) is 1. The second kappa shape index (κ2) is 3.16. The summed E-state index contributed by atoms with van der Waals surface area (Å²) >= 11 is 0. The first-order chi connectivity index (χ1) is 6.52. The molecule has 1 heterocycles. The Balaban J connectivity index is 2.06. The first-order valence-corrected chi connectivity index (χ1v) is 5.24. The monoisotopic (exact) mass is 196 g/mol. The number of ketones is 2. The molecular formula is C11H16O3. The van der Waals surface area contributed by atoms with Crippen LogP contribution in [0.3, 0.4) is 0 Å². The van der Waals surface area contributed by atoms with Gasteiger partial charge in [0.2, 0.25) is 0 Å². The van der Waals surface area contributed by atoms with Crippen LogP contribution < -0.4 is 0 Å². The standard InChI is InChI=1S/C11H16O3/c1-11(2)10(13)8(6-14-11)9(12)7-4-3-5-7/h7-8H,3-6H2,1-2H3. The molecule has 0 N–H and O–H groups in total. The van der Waals surface area contributed by atoms with Crippen LogP contribution in [0.5, 0.6) is 0 Å². The van der Waals surface area contributed by atoms with Gasteiger partial charge in [-0.2, -0.15) is 0 Å². The summed E-state index contributed by atoms with van der Waals surface area (Å²) in [5.41, 5.74) is -0.746. The highest BCUT2D eigenvalue weighted by Crippen LogP contribution is 2.34. The Morgan fingerprint density at radius 2 is 2.07 bits per heavy atom. The van der Waals surface area contributed by atoms with Gasteiger partial charge in [-0.05, 0) is 26.7 Å². The Labute approximate surface area is 83.8 Å². The minimum Gasteiger partial charge on any atom is -0.367 e. The SMILES string of the molecule is CC1(C)OCC(C(=O)C2CCC2)C1=O. The van der Waals surface area contributed by atoms with Crippen molar-refractivity contribution in [3.63, 3.8) is 0 Å². The van der Waals surface area contributed by atoms with Gasteiger partial charge in [0, 0.05) is 5.92 Å². The van der Waals surface area contributed by atoms with Gasteiger partial charge in [-0.1, -0.05) is 6.42 Å². The Hall–Kier alpha value is -0.700. The largest absolute Gasteiger partial charge is 0.367 e. The average molecular weight is 196 g/mol. The molecule has 2 aliphatic rings. The van der Waals surface area contributed by atoms with Gasteiger partial charge in [0.25, 0.3) is 0 Å². The van der Waals surface area contributed by atoms with E-state index in [9.17, 15) is 9.59 Å². The van der Waals surface area contributed by atoms with Crippen molar-refractivity contribution in [2.24, 2.45) is 11.8 Å². The lowest BCUT2D eigenvalue weighted by atomic mass is 9.76. The maximum atomic E-state index is 11.8. The molecule has 0 aromatic carbocycles. The maximum Gasteiger partial charge on any atom is 0.176 e. The summed E-state index contributed by atoms with van der Waals surface area (Å²) in [7, 11) is 0. The number of Topliss-reactive ketones (excluding diaryl/α,β-unsaturated/α-hetero) is 2. The Morgan fingerprint density at radius 1 is 1.43 bits per heavy atom. The number of rotatable bonds is 2. The summed E-state index contributed by atoms with van der Waals surface area (Å²) < 4.78 is 5.33. The topological polar surface area (TPSA) is 43.4 Å². The summed E-state index contributed by atoms with van der Waals surface area (Å²) in [6, 6.07) is 0. The van der Waals surface area contributed by atoms with E-state index >= 15 is 0 Å². The van der Waals surface area contributed by atoms with Crippen molar-refractivity contribution in [1.29, 1.82) is 0 Å². The molecule has 1 aliphatic heterocycles. The predicted molar refractivity (Wildman–Crippen MR) is 50.9 cm³/mol. The van der Waals surface area contributed by atoms with Crippen LogP contribution in [-0.2, 0) is 14.3 Å². The number of carbonyl (C=O) groups excluding carboxylic acids is 2. The molecule has 14 heavy (non-hydrogen) atoms. The molecule has 0 radical (unpaired) electrons. The van der Waals surface area contributed by atoms with Crippen LogP contribution in [0.4, 0.5) is 0 Å². The molecule has 78 valence electrons. The fourth-order valence-electron chi connectivity index (χ4n) is 2.05. The Morgan fingerprint density at radius 3 is 2.43 bits per heavy atom. The minimum absolute atomic E-state index is 0.0330. The average Bonchev–Trinajstić information content (AvgIpc) is 2.24. The summed E-state index contributed by atoms with van der Waals surface area (Å²) in [6.45, 7) is 3.77. The van der Waals surface area contributed by atoms with Gasteiger partial charge in [0.05, 0.1) is 6.61 Å². The van der Waals surface area contributed by atoms with E-state index in [1.54, 1.807) is 13.8 Å². The first kappa shape index (κ1) is 9.84. The van der Waals surface area contributed by atoms with E-state index in [4.69, 9.17) is 4.74 Å². The molecule has 2 rings (SSSR count). The van der Waals surface area contributed by atoms with E-state index in [1.165, 1.54) is 0 Å². The van der Waals surface area contributed by atoms with Crippen molar-refractivity contribution in [2.45, 2.75) is 38.7 Å². The van der Waals surface area contributed by atoms with Crippen molar-refractivity contribution in [2.75, 3.05) is 6.61 Å². The molecule has 1 atom stereocenters. The van der Waals surface area contributed by atoms with E-state index < -0.39 is 11.5 Å². The molecule has 3 nitrogen and oxygen atoms in total. The molecule has 0 amide bonds. The van der Waals surface area contributed by atoms with Crippen molar-refractivity contribution >= 4 is 11.6 Å². The van der Waals surface area contributed by atoms with Gasteiger partial charge < -0.3 is 4.74 Å². The third kappa shape index (κ3) is 1.40. The number of carbonyl (C=O) groups is 2. The molecule has 0 aromatic heterocycles. The van der Waals surface area contributed by atoms with Crippen LogP contribution in [0.25, 0.3) is 0 Å². The maximum absolute atomic E-state index is 11.8. The lowest BCUT2D eigenvalue weighted by Crippen LogP contribution is -2.37. The molecule has 1 unspecified atom stereocenters. The number of hydrogen-bond acceptors (Lipinski definition) is 3. The molecule has 3 heteroatoms. The van der Waals surface area contributed by atoms with Crippen LogP contribution in [0, 0.1) is 11.8 Å². The van der Waals surface area contributed by atoms with Crippen molar-refractivity contribution in [3.8, 4) is 0 Å². The lowest BCUT2D eigenvalue weighted by Gasteiger charge is -2.25. The first-order valence-electron chi connectivity index (χ1n) is 5.24.